The zero-order valence-electron chi connectivity index (χ0n) is 18.3. The van der Waals surface area contributed by atoms with E-state index in [1.165, 1.54) is 58.1 Å². The van der Waals surface area contributed by atoms with E-state index in [2.05, 4.69) is 41.5 Å². The Balaban J connectivity index is 1.96. The molecule has 0 aromatic carbocycles. The fraction of sp³-hybridized carbons (Fsp3) is 0.560. The molecule has 4 nitrogen and oxygen atoms in total. The van der Waals surface area contributed by atoms with Crippen molar-refractivity contribution in [3.8, 4) is 0 Å². The molecule has 1 aromatic heterocycles. The van der Waals surface area contributed by atoms with Gasteiger partial charge in [0.2, 0.25) is 5.91 Å². The average Bonchev–Trinajstić information content (AvgIpc) is 2.71. The standard InChI is InChI=1S/C25H38N2O2/c1-3-4-5-6-7-8-9-10-11-12-13-14-15-16-17-18-25(29)27-24-20-19-23(21-26-24)22(2)28/h7-8,10-11,19-21H,3-6,9,12-18H2,1-2H3,(H,26,27,29)/b8-7-,11-10-. The Kier molecular flexibility index (Phi) is 14.3. The van der Waals surface area contributed by atoms with Crippen molar-refractivity contribution in [1.29, 1.82) is 0 Å². The van der Waals surface area contributed by atoms with Crippen LogP contribution in [0, 0.1) is 0 Å². The zero-order chi connectivity index (χ0) is 21.2. The van der Waals surface area contributed by atoms with E-state index in [0.29, 0.717) is 17.8 Å². The summed E-state index contributed by atoms with van der Waals surface area (Å²) in [5.74, 6) is 0.460. The summed E-state index contributed by atoms with van der Waals surface area (Å²) in [5.41, 5.74) is 0.553. The topological polar surface area (TPSA) is 59.1 Å². The SMILES string of the molecule is CCCCC/C=C\C/C=C\CCCCCCCC(=O)Nc1ccc(C(C)=O)cn1. The van der Waals surface area contributed by atoms with Crippen molar-refractivity contribution in [2.24, 2.45) is 0 Å². The highest BCUT2D eigenvalue weighted by Crippen LogP contribution is 2.10. The predicted molar refractivity (Wildman–Crippen MR) is 122 cm³/mol. The molecular weight excluding hydrogens is 360 g/mol. The lowest BCUT2D eigenvalue weighted by molar-refractivity contribution is -0.116. The molecule has 0 aliphatic carbocycles. The summed E-state index contributed by atoms with van der Waals surface area (Å²) in [4.78, 5) is 27.2. The van der Waals surface area contributed by atoms with Crippen LogP contribution in [0.4, 0.5) is 5.82 Å². The van der Waals surface area contributed by atoms with Gasteiger partial charge in [-0.3, -0.25) is 9.59 Å². The van der Waals surface area contributed by atoms with E-state index in [1.54, 1.807) is 12.1 Å². The maximum absolute atomic E-state index is 11.9. The highest BCUT2D eigenvalue weighted by molar-refractivity contribution is 5.94. The number of aromatic nitrogens is 1. The first kappa shape index (κ1) is 24.8. The van der Waals surface area contributed by atoms with E-state index in [4.69, 9.17) is 0 Å². The summed E-state index contributed by atoms with van der Waals surface area (Å²) in [6, 6.07) is 3.35. The number of carbonyl (C=O) groups is 2. The Morgan fingerprint density at radius 1 is 0.897 bits per heavy atom. The Labute approximate surface area is 176 Å². The van der Waals surface area contributed by atoms with Gasteiger partial charge < -0.3 is 5.32 Å². The van der Waals surface area contributed by atoms with Crippen LogP contribution in [0.25, 0.3) is 0 Å². The molecule has 0 radical (unpaired) electrons. The minimum Gasteiger partial charge on any atom is -0.311 e. The van der Waals surface area contributed by atoms with Gasteiger partial charge in [-0.25, -0.2) is 4.98 Å². The number of anilines is 1. The number of allylic oxidation sites excluding steroid dienone is 4. The van der Waals surface area contributed by atoms with Crippen LogP contribution in [0.2, 0.25) is 0 Å². The second-order valence-electron chi connectivity index (χ2n) is 7.52. The van der Waals surface area contributed by atoms with Gasteiger partial charge in [0.25, 0.3) is 0 Å². The summed E-state index contributed by atoms with van der Waals surface area (Å²) >= 11 is 0. The number of amides is 1. The largest absolute Gasteiger partial charge is 0.311 e. The van der Waals surface area contributed by atoms with Gasteiger partial charge in [-0.05, 0) is 57.6 Å². The van der Waals surface area contributed by atoms with Crippen molar-refractivity contribution in [3.05, 3.63) is 48.2 Å². The Bertz CT molecular complexity index is 633. The van der Waals surface area contributed by atoms with Gasteiger partial charge in [0.15, 0.2) is 5.78 Å². The fourth-order valence-corrected chi connectivity index (χ4v) is 2.98. The molecule has 0 bridgehead atoms. The van der Waals surface area contributed by atoms with Crippen LogP contribution in [0.15, 0.2) is 42.6 Å². The first-order valence-corrected chi connectivity index (χ1v) is 11.2. The van der Waals surface area contributed by atoms with E-state index < -0.39 is 0 Å². The van der Waals surface area contributed by atoms with Crippen LogP contribution < -0.4 is 5.32 Å². The van der Waals surface area contributed by atoms with Gasteiger partial charge in [0, 0.05) is 18.2 Å². The lowest BCUT2D eigenvalue weighted by Gasteiger charge is -2.05. The van der Waals surface area contributed by atoms with E-state index in [1.807, 2.05) is 0 Å². The Morgan fingerprint density at radius 2 is 1.55 bits per heavy atom. The van der Waals surface area contributed by atoms with Crippen molar-refractivity contribution in [3.63, 3.8) is 0 Å². The molecule has 0 spiro atoms. The predicted octanol–water partition coefficient (Wildman–Crippen LogP) is 7.04. The molecule has 1 amide bonds. The van der Waals surface area contributed by atoms with Crippen LogP contribution >= 0.6 is 0 Å². The van der Waals surface area contributed by atoms with Crippen molar-refractivity contribution >= 4 is 17.5 Å². The minimum atomic E-state index is -0.0273. The Morgan fingerprint density at radius 3 is 2.17 bits per heavy atom. The van der Waals surface area contributed by atoms with Crippen molar-refractivity contribution in [1.82, 2.24) is 4.98 Å². The smallest absolute Gasteiger partial charge is 0.225 e. The lowest BCUT2D eigenvalue weighted by atomic mass is 10.1. The molecule has 29 heavy (non-hydrogen) atoms. The first-order chi connectivity index (χ1) is 14.1. The molecule has 0 unspecified atom stereocenters. The highest BCUT2D eigenvalue weighted by atomic mass is 16.1. The van der Waals surface area contributed by atoms with E-state index in [-0.39, 0.29) is 11.7 Å². The fourth-order valence-electron chi connectivity index (χ4n) is 2.98. The number of hydrogen-bond acceptors (Lipinski definition) is 3. The second kappa shape index (κ2) is 16.7. The van der Waals surface area contributed by atoms with Gasteiger partial charge >= 0.3 is 0 Å². The van der Waals surface area contributed by atoms with Gasteiger partial charge in [0.05, 0.1) is 0 Å². The van der Waals surface area contributed by atoms with E-state index in [9.17, 15) is 9.59 Å². The van der Waals surface area contributed by atoms with Gasteiger partial charge in [-0.2, -0.15) is 0 Å². The van der Waals surface area contributed by atoms with Gasteiger partial charge in [-0.15, -0.1) is 0 Å². The average molecular weight is 399 g/mol. The molecule has 0 aliphatic rings. The van der Waals surface area contributed by atoms with Crippen LogP contribution in [-0.2, 0) is 4.79 Å². The number of unbranched alkanes of at least 4 members (excludes halogenated alkanes) is 8. The van der Waals surface area contributed by atoms with Gasteiger partial charge in [0.1, 0.15) is 5.82 Å². The molecule has 1 aromatic rings. The molecule has 0 atom stereocenters. The summed E-state index contributed by atoms with van der Waals surface area (Å²) in [6.07, 6.45) is 24.0. The van der Waals surface area contributed by atoms with Crippen molar-refractivity contribution in [2.75, 3.05) is 5.32 Å². The molecule has 1 heterocycles. The molecule has 4 heteroatoms. The normalized spacial score (nSPS) is 11.4. The van der Waals surface area contributed by atoms with Crippen LogP contribution in [-0.4, -0.2) is 16.7 Å². The molecule has 0 aliphatic heterocycles. The van der Waals surface area contributed by atoms with Crippen molar-refractivity contribution < 1.29 is 9.59 Å². The maximum Gasteiger partial charge on any atom is 0.225 e. The quantitative estimate of drug-likeness (QED) is 0.185. The Hall–Kier alpha value is -2.23. The van der Waals surface area contributed by atoms with Crippen LogP contribution in [0.5, 0.6) is 0 Å². The molecular formula is C25H38N2O2. The minimum absolute atomic E-state index is 0.0150. The molecule has 1 rings (SSSR count). The number of ketones is 1. The molecule has 0 fully saturated rings. The van der Waals surface area contributed by atoms with E-state index >= 15 is 0 Å². The zero-order valence-corrected chi connectivity index (χ0v) is 18.3. The summed E-state index contributed by atoms with van der Waals surface area (Å²) in [5, 5.41) is 2.78. The molecule has 0 saturated heterocycles. The highest BCUT2D eigenvalue weighted by Gasteiger charge is 2.04. The molecule has 160 valence electrons. The number of nitrogens with one attached hydrogen (secondary N) is 1. The lowest BCUT2D eigenvalue weighted by Crippen LogP contribution is -2.12. The number of carbonyl (C=O) groups excluding carboxylic acids is 2. The monoisotopic (exact) mass is 398 g/mol. The first-order valence-electron chi connectivity index (χ1n) is 11.2. The van der Waals surface area contributed by atoms with E-state index in [0.717, 1.165) is 25.7 Å². The number of Topliss-reactive ketones (excluding diaryl/α,β-unsaturated/α-hetero) is 1. The van der Waals surface area contributed by atoms with Gasteiger partial charge in [-0.1, -0.05) is 63.3 Å². The summed E-state index contributed by atoms with van der Waals surface area (Å²) in [7, 11) is 0. The number of nitrogens with zero attached hydrogens (tertiary/aromatic N) is 1. The molecule has 1 N–H and O–H groups in total. The third-order valence-electron chi connectivity index (χ3n) is 4.79. The van der Waals surface area contributed by atoms with Crippen LogP contribution in [0.3, 0.4) is 0 Å². The van der Waals surface area contributed by atoms with Crippen LogP contribution in [0.1, 0.15) is 101 Å². The van der Waals surface area contributed by atoms with Crippen molar-refractivity contribution in [2.45, 2.75) is 90.9 Å². The number of pyridine rings is 1. The number of hydrogen-bond donors (Lipinski definition) is 1. The number of rotatable bonds is 16. The third-order valence-corrected chi connectivity index (χ3v) is 4.79. The molecule has 0 saturated carbocycles. The summed E-state index contributed by atoms with van der Waals surface area (Å²) in [6.45, 7) is 3.74. The second-order valence-corrected chi connectivity index (χ2v) is 7.52. The third kappa shape index (κ3) is 13.6. The summed E-state index contributed by atoms with van der Waals surface area (Å²) < 4.78 is 0. The maximum atomic E-state index is 11.9.